The fraction of sp³-hybridized carbons (Fsp3) is 0.667. The van der Waals surface area contributed by atoms with Crippen molar-refractivity contribution in [3.8, 4) is 0 Å². The summed E-state index contributed by atoms with van der Waals surface area (Å²) in [7, 11) is 1.90. The first-order valence-corrected chi connectivity index (χ1v) is 4.49. The van der Waals surface area contributed by atoms with E-state index in [-0.39, 0.29) is 6.04 Å². The van der Waals surface area contributed by atoms with Gasteiger partial charge >= 0.3 is 0 Å². The number of hydrogen-bond acceptors (Lipinski definition) is 3. The minimum atomic E-state index is -0.0776. The van der Waals surface area contributed by atoms with E-state index in [9.17, 15) is 0 Å². The van der Waals surface area contributed by atoms with E-state index in [0.717, 1.165) is 11.4 Å². The molecule has 1 unspecified atom stereocenters. The van der Waals surface area contributed by atoms with E-state index in [2.05, 4.69) is 5.10 Å². The van der Waals surface area contributed by atoms with E-state index in [4.69, 9.17) is 10.5 Å². The molecular weight excluding hydrogens is 166 g/mol. The second-order valence-electron chi connectivity index (χ2n) is 3.10. The molecule has 0 saturated carbocycles. The predicted molar refractivity (Wildman–Crippen MR) is 51.4 cm³/mol. The van der Waals surface area contributed by atoms with Crippen LogP contribution in [0.25, 0.3) is 0 Å². The van der Waals surface area contributed by atoms with Gasteiger partial charge in [-0.1, -0.05) is 0 Å². The zero-order valence-corrected chi connectivity index (χ0v) is 8.45. The van der Waals surface area contributed by atoms with Gasteiger partial charge in [-0.25, -0.2) is 0 Å². The molecule has 1 aromatic rings. The maximum atomic E-state index is 5.91. The van der Waals surface area contributed by atoms with Crippen LogP contribution in [-0.2, 0) is 11.8 Å². The van der Waals surface area contributed by atoms with Crippen LogP contribution in [0.5, 0.6) is 0 Å². The smallest absolute Gasteiger partial charge is 0.0704 e. The van der Waals surface area contributed by atoms with Gasteiger partial charge in [0.2, 0.25) is 0 Å². The second-order valence-corrected chi connectivity index (χ2v) is 3.10. The maximum Gasteiger partial charge on any atom is 0.0704 e. The third-order valence-electron chi connectivity index (χ3n) is 1.92. The molecule has 4 heteroatoms. The van der Waals surface area contributed by atoms with Gasteiger partial charge in [-0.3, -0.25) is 4.68 Å². The number of nitrogens with two attached hydrogens (primary N) is 1. The molecular formula is C9H17N3O. The van der Waals surface area contributed by atoms with Crippen LogP contribution in [0.15, 0.2) is 6.07 Å². The van der Waals surface area contributed by atoms with E-state index in [1.54, 1.807) is 4.68 Å². The molecule has 1 rings (SSSR count). The van der Waals surface area contributed by atoms with Crippen LogP contribution in [0.3, 0.4) is 0 Å². The molecule has 2 N–H and O–H groups in total. The highest BCUT2D eigenvalue weighted by Crippen LogP contribution is 2.10. The Kier molecular flexibility index (Phi) is 3.45. The fourth-order valence-corrected chi connectivity index (χ4v) is 1.31. The molecule has 0 aromatic carbocycles. The number of aryl methyl sites for hydroxylation is 2. The van der Waals surface area contributed by atoms with Crippen LogP contribution in [0.2, 0.25) is 0 Å². The van der Waals surface area contributed by atoms with Crippen LogP contribution in [0, 0.1) is 6.92 Å². The topological polar surface area (TPSA) is 53.1 Å². The predicted octanol–water partition coefficient (Wildman–Crippen LogP) is 0.765. The van der Waals surface area contributed by atoms with Gasteiger partial charge in [0.15, 0.2) is 0 Å². The van der Waals surface area contributed by atoms with Gasteiger partial charge < -0.3 is 10.5 Å². The van der Waals surface area contributed by atoms with Gasteiger partial charge in [-0.05, 0) is 19.9 Å². The number of rotatable bonds is 4. The van der Waals surface area contributed by atoms with Crippen molar-refractivity contribution in [1.29, 1.82) is 0 Å². The summed E-state index contributed by atoms with van der Waals surface area (Å²) >= 11 is 0. The van der Waals surface area contributed by atoms with Crippen LogP contribution < -0.4 is 5.73 Å². The van der Waals surface area contributed by atoms with Crippen molar-refractivity contribution in [1.82, 2.24) is 9.78 Å². The van der Waals surface area contributed by atoms with Crippen molar-refractivity contribution >= 4 is 0 Å². The highest BCUT2D eigenvalue weighted by molar-refractivity contribution is 5.12. The summed E-state index contributed by atoms with van der Waals surface area (Å²) in [5, 5.41) is 4.22. The first-order valence-electron chi connectivity index (χ1n) is 4.49. The molecule has 0 spiro atoms. The normalized spacial score (nSPS) is 13.2. The first-order chi connectivity index (χ1) is 6.15. The van der Waals surface area contributed by atoms with E-state index >= 15 is 0 Å². The van der Waals surface area contributed by atoms with Crippen LogP contribution in [-0.4, -0.2) is 23.0 Å². The Morgan fingerprint density at radius 2 is 2.38 bits per heavy atom. The quantitative estimate of drug-likeness (QED) is 0.750. The second kappa shape index (κ2) is 4.39. The monoisotopic (exact) mass is 183 g/mol. The van der Waals surface area contributed by atoms with Gasteiger partial charge in [-0.2, -0.15) is 5.10 Å². The van der Waals surface area contributed by atoms with Crippen molar-refractivity contribution in [3.05, 3.63) is 17.5 Å². The van der Waals surface area contributed by atoms with E-state index in [1.807, 2.05) is 27.0 Å². The van der Waals surface area contributed by atoms with Crippen LogP contribution >= 0.6 is 0 Å². The summed E-state index contributed by atoms with van der Waals surface area (Å²) in [6.07, 6.45) is 0. The Balaban J connectivity index is 2.64. The van der Waals surface area contributed by atoms with Gasteiger partial charge in [0.1, 0.15) is 0 Å². The third-order valence-corrected chi connectivity index (χ3v) is 1.92. The lowest BCUT2D eigenvalue weighted by atomic mass is 10.2. The van der Waals surface area contributed by atoms with Crippen molar-refractivity contribution in [2.75, 3.05) is 13.2 Å². The molecule has 4 nitrogen and oxygen atoms in total. The Hall–Kier alpha value is -0.870. The Morgan fingerprint density at radius 3 is 2.85 bits per heavy atom. The number of nitrogens with zero attached hydrogens (tertiary/aromatic N) is 2. The highest BCUT2D eigenvalue weighted by atomic mass is 16.5. The van der Waals surface area contributed by atoms with Crippen molar-refractivity contribution in [2.45, 2.75) is 19.9 Å². The third kappa shape index (κ3) is 2.54. The molecule has 74 valence electrons. The van der Waals surface area contributed by atoms with Crippen molar-refractivity contribution in [3.63, 3.8) is 0 Å². The van der Waals surface area contributed by atoms with E-state index in [0.29, 0.717) is 13.2 Å². The highest BCUT2D eigenvalue weighted by Gasteiger charge is 2.10. The number of aromatic nitrogens is 2. The van der Waals surface area contributed by atoms with Crippen LogP contribution in [0.1, 0.15) is 24.4 Å². The molecule has 0 fully saturated rings. The van der Waals surface area contributed by atoms with Crippen molar-refractivity contribution in [2.24, 2.45) is 12.8 Å². The molecule has 0 aliphatic carbocycles. The summed E-state index contributed by atoms with van der Waals surface area (Å²) in [5.74, 6) is 0. The Bertz CT molecular complexity index is 270. The number of hydrogen-bond donors (Lipinski definition) is 1. The molecule has 0 bridgehead atoms. The fourth-order valence-electron chi connectivity index (χ4n) is 1.31. The summed E-state index contributed by atoms with van der Waals surface area (Å²) in [6.45, 7) is 5.16. The van der Waals surface area contributed by atoms with E-state index in [1.165, 1.54) is 0 Å². The van der Waals surface area contributed by atoms with Gasteiger partial charge in [-0.15, -0.1) is 0 Å². The average molecular weight is 183 g/mol. The van der Waals surface area contributed by atoms with Crippen LogP contribution in [0.4, 0.5) is 0 Å². The van der Waals surface area contributed by atoms with Gasteiger partial charge in [0.05, 0.1) is 24.0 Å². The largest absolute Gasteiger partial charge is 0.380 e. The lowest BCUT2D eigenvalue weighted by Crippen LogP contribution is -2.20. The Labute approximate surface area is 78.7 Å². The SMILES string of the molecule is CCOCC(N)c1cc(C)nn1C. The molecule has 0 amide bonds. The zero-order valence-electron chi connectivity index (χ0n) is 8.45. The average Bonchev–Trinajstić information content (AvgIpc) is 2.41. The summed E-state index contributed by atoms with van der Waals surface area (Å²) in [4.78, 5) is 0. The first kappa shape index (κ1) is 10.2. The van der Waals surface area contributed by atoms with Crippen molar-refractivity contribution < 1.29 is 4.74 Å². The zero-order chi connectivity index (χ0) is 9.84. The summed E-state index contributed by atoms with van der Waals surface area (Å²) < 4.78 is 7.05. The molecule has 0 radical (unpaired) electrons. The summed E-state index contributed by atoms with van der Waals surface area (Å²) in [5.41, 5.74) is 7.92. The lowest BCUT2D eigenvalue weighted by molar-refractivity contribution is 0.131. The maximum absolute atomic E-state index is 5.91. The molecule has 0 saturated heterocycles. The lowest BCUT2D eigenvalue weighted by Gasteiger charge is -2.11. The minimum Gasteiger partial charge on any atom is -0.380 e. The molecule has 0 aliphatic rings. The molecule has 1 aromatic heterocycles. The number of ether oxygens (including phenoxy) is 1. The van der Waals surface area contributed by atoms with Gasteiger partial charge in [0, 0.05) is 13.7 Å². The molecule has 0 aliphatic heterocycles. The minimum absolute atomic E-state index is 0.0776. The molecule has 1 heterocycles. The summed E-state index contributed by atoms with van der Waals surface area (Å²) in [6, 6.07) is 1.91. The molecule has 1 atom stereocenters. The standard InChI is InChI=1S/C9H17N3O/c1-4-13-6-8(10)9-5-7(2)11-12(9)3/h5,8H,4,6,10H2,1-3H3. The van der Waals surface area contributed by atoms with Gasteiger partial charge in [0.25, 0.3) is 0 Å². The van der Waals surface area contributed by atoms with E-state index < -0.39 is 0 Å². The molecule has 13 heavy (non-hydrogen) atoms. The Morgan fingerprint density at radius 1 is 1.69 bits per heavy atom.